The molecule has 2 N–H and O–H groups in total. The summed E-state index contributed by atoms with van der Waals surface area (Å²) in [6.45, 7) is 2.07. The fourth-order valence-electron chi connectivity index (χ4n) is 2.49. The van der Waals surface area contributed by atoms with Crippen molar-refractivity contribution in [1.29, 1.82) is 0 Å². The van der Waals surface area contributed by atoms with E-state index in [1.807, 2.05) is 24.3 Å². The van der Waals surface area contributed by atoms with Gasteiger partial charge in [0.1, 0.15) is 0 Å². The number of anilines is 2. The largest absolute Gasteiger partial charge is 0.493 e. The van der Waals surface area contributed by atoms with Crippen molar-refractivity contribution in [2.75, 3.05) is 32.0 Å². The summed E-state index contributed by atoms with van der Waals surface area (Å²) in [7, 11) is 4.34. The molecule has 138 valence electrons. The molecule has 6 nitrogen and oxygen atoms in total. The van der Waals surface area contributed by atoms with Crippen LogP contribution in [0.4, 0.5) is 11.4 Å². The fraction of sp³-hybridized carbons (Fsp3) is 0.263. The van der Waals surface area contributed by atoms with Gasteiger partial charge in [0, 0.05) is 17.8 Å². The van der Waals surface area contributed by atoms with Crippen LogP contribution in [0, 0.1) is 0 Å². The molecule has 2 aromatic rings. The van der Waals surface area contributed by atoms with Gasteiger partial charge in [0.2, 0.25) is 0 Å². The first-order valence-electron chi connectivity index (χ1n) is 8.04. The number of rotatable bonds is 6. The molecule has 0 aliphatic carbocycles. The van der Waals surface area contributed by atoms with E-state index in [2.05, 4.69) is 17.6 Å². The van der Waals surface area contributed by atoms with E-state index in [9.17, 15) is 4.79 Å². The fourth-order valence-corrected chi connectivity index (χ4v) is 2.71. The van der Waals surface area contributed by atoms with E-state index in [0.29, 0.717) is 22.3 Å². The molecule has 0 unspecified atom stereocenters. The molecule has 0 atom stereocenters. The van der Waals surface area contributed by atoms with Crippen molar-refractivity contribution in [2.24, 2.45) is 0 Å². The van der Waals surface area contributed by atoms with Crippen LogP contribution in [0.15, 0.2) is 36.4 Å². The van der Waals surface area contributed by atoms with Gasteiger partial charge in [0.05, 0.1) is 32.6 Å². The zero-order chi connectivity index (χ0) is 19.1. The number of aryl methyl sites for hydroxylation is 1. The molecule has 26 heavy (non-hydrogen) atoms. The third-order valence-electron chi connectivity index (χ3n) is 3.82. The first kappa shape index (κ1) is 19.5. The van der Waals surface area contributed by atoms with Crippen LogP contribution in [-0.4, -0.2) is 32.4 Å². The van der Waals surface area contributed by atoms with Crippen molar-refractivity contribution >= 4 is 34.7 Å². The normalized spacial score (nSPS) is 10.0. The Morgan fingerprint density at radius 2 is 1.62 bits per heavy atom. The molecule has 7 heteroatoms. The van der Waals surface area contributed by atoms with Gasteiger partial charge < -0.3 is 24.8 Å². The summed E-state index contributed by atoms with van der Waals surface area (Å²) in [5.41, 5.74) is 2.80. The zero-order valence-corrected chi connectivity index (χ0v) is 16.0. The number of para-hydroxylation sites is 1. The van der Waals surface area contributed by atoms with E-state index >= 15 is 0 Å². The molecule has 2 rings (SSSR count). The number of benzene rings is 2. The predicted octanol–water partition coefficient (Wildman–Crippen LogP) is 3.86. The van der Waals surface area contributed by atoms with E-state index in [-0.39, 0.29) is 5.56 Å². The first-order chi connectivity index (χ1) is 12.5. The summed E-state index contributed by atoms with van der Waals surface area (Å²) in [5, 5.41) is 6.54. The number of carbonyl (C=O) groups excluding carboxylic acids is 1. The first-order valence-corrected chi connectivity index (χ1v) is 8.45. The lowest BCUT2D eigenvalue weighted by molar-refractivity contribution is 0.0601. The van der Waals surface area contributed by atoms with Crippen molar-refractivity contribution in [2.45, 2.75) is 13.3 Å². The monoisotopic (exact) mass is 374 g/mol. The smallest absolute Gasteiger partial charge is 0.340 e. The summed E-state index contributed by atoms with van der Waals surface area (Å²) in [6.07, 6.45) is 0.871. The average Bonchev–Trinajstić information content (AvgIpc) is 2.67. The van der Waals surface area contributed by atoms with Crippen LogP contribution in [0.5, 0.6) is 11.5 Å². The van der Waals surface area contributed by atoms with Crippen molar-refractivity contribution < 1.29 is 19.0 Å². The number of methoxy groups -OCH3 is 3. The van der Waals surface area contributed by atoms with Crippen LogP contribution in [0.2, 0.25) is 0 Å². The Bertz CT molecular complexity index is 808. The van der Waals surface area contributed by atoms with Crippen LogP contribution >= 0.6 is 12.2 Å². The maximum atomic E-state index is 12.1. The Hall–Kier alpha value is -2.80. The molecule has 0 radical (unpaired) electrons. The van der Waals surface area contributed by atoms with Crippen LogP contribution < -0.4 is 20.1 Å². The Labute approximate surface area is 158 Å². The molecular formula is C19H22N2O4S. The average molecular weight is 374 g/mol. The Morgan fingerprint density at radius 1 is 1.00 bits per heavy atom. The van der Waals surface area contributed by atoms with Gasteiger partial charge in [0.15, 0.2) is 16.6 Å². The van der Waals surface area contributed by atoms with Gasteiger partial charge >= 0.3 is 5.97 Å². The van der Waals surface area contributed by atoms with E-state index in [1.165, 1.54) is 21.3 Å². The molecule has 0 amide bonds. The molecule has 0 saturated heterocycles. The van der Waals surface area contributed by atoms with Gasteiger partial charge in [-0.25, -0.2) is 4.79 Å². The minimum atomic E-state index is -0.509. The van der Waals surface area contributed by atoms with Crippen molar-refractivity contribution in [3.05, 3.63) is 47.5 Å². The number of ether oxygens (including phenoxy) is 3. The molecule has 2 aromatic carbocycles. The minimum Gasteiger partial charge on any atom is -0.493 e. The molecule has 0 aliphatic rings. The highest BCUT2D eigenvalue weighted by Crippen LogP contribution is 2.34. The van der Waals surface area contributed by atoms with E-state index in [0.717, 1.165) is 17.7 Å². The highest BCUT2D eigenvalue weighted by atomic mass is 32.1. The Morgan fingerprint density at radius 3 is 2.23 bits per heavy atom. The number of hydrogen-bond donors (Lipinski definition) is 2. The maximum Gasteiger partial charge on any atom is 0.340 e. The highest BCUT2D eigenvalue weighted by molar-refractivity contribution is 7.80. The number of carbonyl (C=O) groups is 1. The van der Waals surface area contributed by atoms with Crippen LogP contribution in [0.25, 0.3) is 0 Å². The number of esters is 1. The summed E-state index contributed by atoms with van der Waals surface area (Å²) in [4.78, 5) is 12.1. The molecule has 0 aliphatic heterocycles. The molecule has 0 bridgehead atoms. The summed E-state index contributed by atoms with van der Waals surface area (Å²) >= 11 is 5.40. The van der Waals surface area contributed by atoms with Crippen molar-refractivity contribution in [3.8, 4) is 11.5 Å². The zero-order valence-electron chi connectivity index (χ0n) is 15.2. The Balaban J connectivity index is 2.31. The molecule has 0 spiro atoms. The summed E-state index contributed by atoms with van der Waals surface area (Å²) in [5.74, 6) is 0.387. The van der Waals surface area contributed by atoms with Gasteiger partial charge in [-0.15, -0.1) is 0 Å². The van der Waals surface area contributed by atoms with Gasteiger partial charge in [-0.1, -0.05) is 25.1 Å². The SMILES string of the molecule is CCc1ccccc1NC(=S)Nc1cc(OC)c(OC)cc1C(=O)OC. The van der Waals surface area contributed by atoms with E-state index in [1.54, 1.807) is 12.1 Å². The second kappa shape index (κ2) is 9.05. The number of thiocarbonyl (C=S) groups is 1. The summed E-state index contributed by atoms with van der Waals surface area (Å²) < 4.78 is 15.4. The van der Waals surface area contributed by atoms with Gasteiger partial charge in [-0.05, 0) is 30.3 Å². The molecule has 0 fully saturated rings. The van der Waals surface area contributed by atoms with Gasteiger partial charge in [-0.2, -0.15) is 0 Å². The van der Waals surface area contributed by atoms with Crippen LogP contribution in [0.3, 0.4) is 0 Å². The lowest BCUT2D eigenvalue weighted by Gasteiger charge is -2.17. The third kappa shape index (κ3) is 4.43. The van der Waals surface area contributed by atoms with Crippen LogP contribution in [-0.2, 0) is 11.2 Å². The standard InChI is InChI=1S/C19H22N2O4S/c1-5-12-8-6-7-9-14(12)20-19(26)21-15-11-17(24-3)16(23-2)10-13(15)18(22)25-4/h6-11H,5H2,1-4H3,(H2,20,21,26). The lowest BCUT2D eigenvalue weighted by Crippen LogP contribution is -2.21. The lowest BCUT2D eigenvalue weighted by atomic mass is 10.1. The van der Waals surface area contributed by atoms with Gasteiger partial charge in [-0.3, -0.25) is 0 Å². The maximum absolute atomic E-state index is 12.1. The third-order valence-corrected chi connectivity index (χ3v) is 4.03. The van der Waals surface area contributed by atoms with Gasteiger partial charge in [0.25, 0.3) is 0 Å². The topological polar surface area (TPSA) is 68.8 Å². The Kier molecular flexibility index (Phi) is 6.80. The second-order valence-electron chi connectivity index (χ2n) is 5.33. The van der Waals surface area contributed by atoms with Crippen molar-refractivity contribution in [3.63, 3.8) is 0 Å². The highest BCUT2D eigenvalue weighted by Gasteiger charge is 2.18. The number of hydrogen-bond acceptors (Lipinski definition) is 5. The van der Waals surface area contributed by atoms with Crippen molar-refractivity contribution in [1.82, 2.24) is 0 Å². The van der Waals surface area contributed by atoms with Crippen LogP contribution in [0.1, 0.15) is 22.8 Å². The number of nitrogens with one attached hydrogen (secondary N) is 2. The molecule has 0 saturated carbocycles. The predicted molar refractivity (Wildman–Crippen MR) is 107 cm³/mol. The van der Waals surface area contributed by atoms with E-state index in [4.69, 9.17) is 26.4 Å². The van der Waals surface area contributed by atoms with E-state index < -0.39 is 5.97 Å². The molecular weight excluding hydrogens is 352 g/mol. The quantitative estimate of drug-likeness (QED) is 0.588. The minimum absolute atomic E-state index is 0.290. The molecule has 0 heterocycles. The summed E-state index contributed by atoms with van der Waals surface area (Å²) in [6, 6.07) is 11.1. The molecule has 0 aromatic heterocycles. The second-order valence-corrected chi connectivity index (χ2v) is 5.74.